The van der Waals surface area contributed by atoms with Gasteiger partial charge in [0.1, 0.15) is 11.6 Å². The predicted octanol–water partition coefficient (Wildman–Crippen LogP) is 4.40. The van der Waals surface area contributed by atoms with Gasteiger partial charge in [-0.15, -0.1) is 0 Å². The monoisotopic (exact) mass is 376 g/mol. The molecular formula is C13H8BrClF2N2O2. The number of rotatable bonds is 3. The molecule has 0 aliphatic rings. The van der Waals surface area contributed by atoms with Crippen LogP contribution in [0.5, 0.6) is 0 Å². The minimum atomic E-state index is -1.42. The van der Waals surface area contributed by atoms with Gasteiger partial charge in [-0.3, -0.25) is 0 Å². The highest BCUT2D eigenvalue weighted by Gasteiger charge is 2.15. The zero-order valence-electron chi connectivity index (χ0n) is 10.3. The molecule has 0 unspecified atom stereocenters. The van der Waals surface area contributed by atoms with Gasteiger partial charge in [-0.25, -0.2) is 13.6 Å². The Bertz CT molecular complexity index is 717. The fraction of sp³-hybridized carbons (Fsp3) is 0. The van der Waals surface area contributed by atoms with Crippen molar-refractivity contribution in [1.82, 2.24) is 0 Å². The van der Waals surface area contributed by atoms with Crippen LogP contribution in [-0.2, 0) is 0 Å². The zero-order chi connectivity index (χ0) is 15.7. The molecule has 4 nitrogen and oxygen atoms in total. The molecule has 0 radical (unpaired) electrons. The molecule has 2 aromatic carbocycles. The highest BCUT2D eigenvalue weighted by atomic mass is 79.9. The number of halogens is 4. The van der Waals surface area contributed by atoms with Crippen LogP contribution < -0.4 is 11.1 Å². The molecular weight excluding hydrogens is 370 g/mol. The Kier molecular flexibility index (Phi) is 4.34. The van der Waals surface area contributed by atoms with Crippen molar-refractivity contribution in [1.29, 1.82) is 0 Å². The fourth-order valence-electron chi connectivity index (χ4n) is 1.66. The first kappa shape index (κ1) is 15.5. The summed E-state index contributed by atoms with van der Waals surface area (Å²) in [5.41, 5.74) is 5.56. The third-order valence-corrected chi connectivity index (χ3v) is 3.56. The number of benzene rings is 2. The van der Waals surface area contributed by atoms with Gasteiger partial charge < -0.3 is 16.2 Å². The van der Waals surface area contributed by atoms with E-state index < -0.39 is 23.2 Å². The number of hydrogen-bond donors (Lipinski definition) is 3. The largest absolute Gasteiger partial charge is 0.478 e. The molecule has 0 atom stereocenters. The molecule has 2 rings (SSSR count). The minimum absolute atomic E-state index is 0.0149. The highest BCUT2D eigenvalue weighted by molar-refractivity contribution is 9.10. The maximum Gasteiger partial charge on any atom is 0.338 e. The molecule has 0 amide bonds. The Morgan fingerprint density at radius 2 is 1.95 bits per heavy atom. The molecule has 0 aliphatic heterocycles. The van der Waals surface area contributed by atoms with E-state index in [1.54, 1.807) is 0 Å². The number of nitrogens with two attached hydrogens (primary N) is 1. The molecule has 0 spiro atoms. The Hall–Kier alpha value is -1.86. The van der Waals surface area contributed by atoms with Gasteiger partial charge in [0.15, 0.2) is 0 Å². The second-order valence-electron chi connectivity index (χ2n) is 4.09. The van der Waals surface area contributed by atoms with Crippen LogP contribution in [0.3, 0.4) is 0 Å². The zero-order valence-corrected chi connectivity index (χ0v) is 12.6. The summed E-state index contributed by atoms with van der Waals surface area (Å²) in [5.74, 6) is -2.92. The molecule has 0 heterocycles. The van der Waals surface area contributed by atoms with E-state index in [2.05, 4.69) is 21.2 Å². The van der Waals surface area contributed by atoms with Crippen LogP contribution >= 0.6 is 27.5 Å². The van der Waals surface area contributed by atoms with E-state index in [0.717, 1.165) is 18.2 Å². The molecule has 110 valence electrons. The molecule has 0 fully saturated rings. The lowest BCUT2D eigenvalue weighted by Gasteiger charge is -2.13. The molecule has 2 aromatic rings. The summed E-state index contributed by atoms with van der Waals surface area (Å²) >= 11 is 9.02. The molecule has 0 aliphatic carbocycles. The van der Waals surface area contributed by atoms with E-state index in [0.29, 0.717) is 4.47 Å². The number of carboxylic acids is 1. The Balaban J connectivity index is 2.46. The topological polar surface area (TPSA) is 75.4 Å². The number of anilines is 3. The first-order valence-corrected chi connectivity index (χ1v) is 6.70. The van der Waals surface area contributed by atoms with Gasteiger partial charge in [-0.1, -0.05) is 11.6 Å². The van der Waals surface area contributed by atoms with E-state index in [1.165, 1.54) is 6.07 Å². The van der Waals surface area contributed by atoms with Crippen molar-refractivity contribution in [3.05, 3.63) is 51.0 Å². The number of hydrogen-bond acceptors (Lipinski definition) is 3. The number of nitrogens with one attached hydrogen (secondary N) is 1. The number of carboxylic acid groups (broad SMARTS) is 1. The number of carbonyl (C=O) groups is 1. The molecule has 0 saturated heterocycles. The summed E-state index contributed by atoms with van der Waals surface area (Å²) in [4.78, 5) is 10.8. The predicted molar refractivity (Wildman–Crippen MR) is 80.2 cm³/mol. The normalized spacial score (nSPS) is 10.5. The molecule has 0 bridgehead atoms. The van der Waals surface area contributed by atoms with Crippen molar-refractivity contribution in [3.63, 3.8) is 0 Å². The maximum absolute atomic E-state index is 13.7. The van der Waals surface area contributed by atoms with Crippen molar-refractivity contribution in [2.75, 3.05) is 11.1 Å². The Labute approximate surface area is 131 Å². The third kappa shape index (κ3) is 3.25. The van der Waals surface area contributed by atoms with Crippen molar-refractivity contribution < 1.29 is 18.7 Å². The first-order valence-electron chi connectivity index (χ1n) is 5.53. The SMILES string of the molecule is Nc1cc(C(=O)O)c(F)cc1Nc1c(Cl)cc(F)cc1Br. The molecule has 21 heavy (non-hydrogen) atoms. The van der Waals surface area contributed by atoms with Gasteiger partial charge in [-0.2, -0.15) is 0 Å². The lowest BCUT2D eigenvalue weighted by atomic mass is 10.1. The van der Waals surface area contributed by atoms with Gasteiger partial charge in [0, 0.05) is 10.5 Å². The average Bonchev–Trinajstić information content (AvgIpc) is 2.36. The standard InChI is InChI=1S/C13H8BrClF2N2O2/c14-7-1-5(16)2-8(15)12(7)19-11-4-9(17)6(13(20)21)3-10(11)18/h1-4,19H,18H2,(H,20,21). The van der Waals surface area contributed by atoms with Crippen molar-refractivity contribution in [2.45, 2.75) is 0 Å². The summed E-state index contributed by atoms with van der Waals surface area (Å²) in [5, 5.41) is 11.6. The second kappa shape index (κ2) is 5.87. The fourth-order valence-corrected chi connectivity index (χ4v) is 2.56. The van der Waals surface area contributed by atoms with Crippen LogP contribution in [0.1, 0.15) is 10.4 Å². The van der Waals surface area contributed by atoms with E-state index in [1.807, 2.05) is 0 Å². The molecule has 8 heteroatoms. The quantitative estimate of drug-likeness (QED) is 0.693. The molecule has 4 N–H and O–H groups in total. The lowest BCUT2D eigenvalue weighted by molar-refractivity contribution is 0.0692. The van der Waals surface area contributed by atoms with Gasteiger partial charge in [0.2, 0.25) is 0 Å². The summed E-state index contributed by atoms with van der Waals surface area (Å²) in [6.45, 7) is 0. The van der Waals surface area contributed by atoms with Gasteiger partial charge >= 0.3 is 5.97 Å². The van der Waals surface area contributed by atoms with Crippen molar-refractivity contribution in [2.24, 2.45) is 0 Å². The van der Waals surface area contributed by atoms with Gasteiger partial charge in [0.05, 0.1) is 27.6 Å². The smallest absolute Gasteiger partial charge is 0.338 e. The van der Waals surface area contributed by atoms with Crippen LogP contribution in [0, 0.1) is 11.6 Å². The van der Waals surface area contributed by atoms with Crippen molar-refractivity contribution >= 4 is 50.6 Å². The average molecular weight is 378 g/mol. The minimum Gasteiger partial charge on any atom is -0.478 e. The molecule has 0 saturated carbocycles. The van der Waals surface area contributed by atoms with Crippen LogP contribution in [0.2, 0.25) is 5.02 Å². The van der Waals surface area contributed by atoms with E-state index in [-0.39, 0.29) is 22.1 Å². The summed E-state index contributed by atoms with van der Waals surface area (Å²) in [6, 6.07) is 4.18. The van der Waals surface area contributed by atoms with Gasteiger partial charge in [-0.05, 0) is 34.1 Å². The van der Waals surface area contributed by atoms with E-state index in [9.17, 15) is 13.6 Å². The second-order valence-corrected chi connectivity index (χ2v) is 5.36. The summed E-state index contributed by atoms with van der Waals surface area (Å²) in [6.07, 6.45) is 0. The highest BCUT2D eigenvalue weighted by Crippen LogP contribution is 2.36. The number of aromatic carboxylic acids is 1. The third-order valence-electron chi connectivity index (χ3n) is 2.64. The summed E-state index contributed by atoms with van der Waals surface area (Å²) < 4.78 is 27.1. The van der Waals surface area contributed by atoms with E-state index >= 15 is 0 Å². The molecule has 0 aromatic heterocycles. The van der Waals surface area contributed by atoms with Crippen LogP contribution in [0.4, 0.5) is 25.8 Å². The van der Waals surface area contributed by atoms with Crippen LogP contribution in [-0.4, -0.2) is 11.1 Å². The Morgan fingerprint density at radius 1 is 1.29 bits per heavy atom. The Morgan fingerprint density at radius 3 is 2.52 bits per heavy atom. The number of nitrogen functional groups attached to an aromatic ring is 1. The maximum atomic E-state index is 13.7. The lowest BCUT2D eigenvalue weighted by Crippen LogP contribution is -2.05. The van der Waals surface area contributed by atoms with Gasteiger partial charge in [0.25, 0.3) is 0 Å². The summed E-state index contributed by atoms with van der Waals surface area (Å²) in [7, 11) is 0. The van der Waals surface area contributed by atoms with E-state index in [4.69, 9.17) is 22.4 Å². The van der Waals surface area contributed by atoms with Crippen molar-refractivity contribution in [3.8, 4) is 0 Å². The first-order chi connectivity index (χ1) is 9.79. The van der Waals surface area contributed by atoms with Crippen LogP contribution in [0.15, 0.2) is 28.7 Å². The van der Waals surface area contributed by atoms with Crippen LogP contribution in [0.25, 0.3) is 0 Å².